The molecule has 2 heterocycles. The lowest BCUT2D eigenvalue weighted by atomic mass is 10.0. The summed E-state index contributed by atoms with van der Waals surface area (Å²) >= 11 is 1.10. The number of para-hydroxylation sites is 1. The maximum Gasteiger partial charge on any atom is 0.348 e. The van der Waals surface area contributed by atoms with Gasteiger partial charge in [-0.05, 0) is 68.7 Å². The predicted octanol–water partition coefficient (Wildman–Crippen LogP) is 4.71. The molecule has 1 N–H and O–H groups in total. The number of sulfonamides is 1. The first kappa shape index (κ1) is 23.0. The zero-order valence-corrected chi connectivity index (χ0v) is 19.9. The first-order chi connectivity index (χ1) is 15.8. The molecule has 0 aliphatic carbocycles. The molecule has 0 unspecified atom stereocenters. The lowest BCUT2D eigenvalue weighted by Gasteiger charge is -2.30. The summed E-state index contributed by atoms with van der Waals surface area (Å²) in [5.74, 6) is -0.915. The first-order valence-electron chi connectivity index (χ1n) is 10.6. The number of amides is 1. The van der Waals surface area contributed by atoms with Gasteiger partial charge < -0.3 is 10.1 Å². The molecule has 0 atom stereocenters. The lowest BCUT2D eigenvalue weighted by molar-refractivity contribution is 0.0383. The van der Waals surface area contributed by atoms with Crippen LogP contribution in [0.4, 0.5) is 10.7 Å². The molecule has 2 aromatic carbocycles. The second-order valence-electron chi connectivity index (χ2n) is 7.91. The molecule has 1 aliphatic rings. The maximum atomic E-state index is 13.4. The number of thiophene rings is 1. The third-order valence-corrected chi connectivity index (χ3v) is 7.93. The van der Waals surface area contributed by atoms with Crippen LogP contribution in [-0.4, -0.2) is 32.9 Å². The molecular weight excluding hydrogens is 460 g/mol. The molecule has 9 heteroatoms. The number of carbonyl (C=O) groups excluding carboxylic acids is 2. The zero-order chi connectivity index (χ0) is 23.6. The van der Waals surface area contributed by atoms with Crippen LogP contribution in [0, 0.1) is 0 Å². The van der Waals surface area contributed by atoms with E-state index in [0.717, 1.165) is 29.7 Å². The molecule has 1 aliphatic heterocycles. The van der Waals surface area contributed by atoms with E-state index < -0.39 is 21.9 Å². The Morgan fingerprint density at radius 1 is 1.06 bits per heavy atom. The Labute approximate surface area is 197 Å². The predicted molar refractivity (Wildman–Crippen MR) is 129 cm³/mol. The van der Waals surface area contributed by atoms with Gasteiger partial charge in [0.2, 0.25) is 0 Å². The molecule has 1 amide bonds. The van der Waals surface area contributed by atoms with Gasteiger partial charge in [0.05, 0.1) is 21.7 Å². The summed E-state index contributed by atoms with van der Waals surface area (Å²) in [5.41, 5.74) is 1.88. The number of nitrogens with zero attached hydrogens (tertiary/aromatic N) is 1. The van der Waals surface area contributed by atoms with Crippen molar-refractivity contribution in [3.63, 3.8) is 0 Å². The van der Waals surface area contributed by atoms with Crippen molar-refractivity contribution in [2.75, 3.05) is 16.2 Å². The van der Waals surface area contributed by atoms with Crippen molar-refractivity contribution < 1.29 is 22.7 Å². The van der Waals surface area contributed by atoms with E-state index in [9.17, 15) is 18.0 Å². The highest BCUT2D eigenvalue weighted by Crippen LogP contribution is 2.32. The number of hydrogen-bond acceptors (Lipinski definition) is 6. The third-order valence-electron chi connectivity index (χ3n) is 5.14. The number of ether oxygens (including phenoxy) is 1. The van der Waals surface area contributed by atoms with Gasteiger partial charge in [0, 0.05) is 12.1 Å². The number of fused-ring (bicyclic) bond motifs is 1. The van der Waals surface area contributed by atoms with E-state index in [2.05, 4.69) is 5.32 Å². The summed E-state index contributed by atoms with van der Waals surface area (Å²) in [7, 11) is -3.83. The molecule has 0 saturated carbocycles. The molecule has 0 bridgehead atoms. The minimum atomic E-state index is -3.83. The van der Waals surface area contributed by atoms with E-state index >= 15 is 0 Å². The Kier molecular flexibility index (Phi) is 6.53. The molecule has 3 aromatic rings. The van der Waals surface area contributed by atoms with E-state index in [4.69, 9.17) is 4.74 Å². The van der Waals surface area contributed by atoms with Crippen molar-refractivity contribution in [1.29, 1.82) is 0 Å². The average molecular weight is 485 g/mol. The second-order valence-corrected chi connectivity index (χ2v) is 10.9. The summed E-state index contributed by atoms with van der Waals surface area (Å²) in [5, 5.41) is 3.19. The van der Waals surface area contributed by atoms with Crippen LogP contribution < -0.4 is 9.62 Å². The molecule has 0 spiro atoms. The van der Waals surface area contributed by atoms with E-state index in [1.807, 2.05) is 18.2 Å². The number of esters is 1. The van der Waals surface area contributed by atoms with Crippen molar-refractivity contribution >= 4 is 43.9 Å². The first-order valence-corrected chi connectivity index (χ1v) is 12.8. The van der Waals surface area contributed by atoms with E-state index in [0.29, 0.717) is 22.1 Å². The van der Waals surface area contributed by atoms with Crippen molar-refractivity contribution in [1.82, 2.24) is 0 Å². The van der Waals surface area contributed by atoms with Gasteiger partial charge >= 0.3 is 5.97 Å². The van der Waals surface area contributed by atoms with Gasteiger partial charge in [0.15, 0.2) is 0 Å². The highest BCUT2D eigenvalue weighted by molar-refractivity contribution is 7.92. The van der Waals surface area contributed by atoms with Gasteiger partial charge in [-0.15, -0.1) is 11.3 Å². The van der Waals surface area contributed by atoms with E-state index in [1.54, 1.807) is 44.2 Å². The summed E-state index contributed by atoms with van der Waals surface area (Å²) in [4.78, 5) is 25.2. The Morgan fingerprint density at radius 3 is 2.64 bits per heavy atom. The van der Waals surface area contributed by atoms with Gasteiger partial charge in [-0.25, -0.2) is 13.2 Å². The SMILES string of the molecule is CC(C)OC(=O)c1ccc(NC(=O)c2cccc(S(=O)(=O)N3CCCc4ccccc43)c2)s1. The molecule has 0 fully saturated rings. The third kappa shape index (κ3) is 4.94. The Hall–Kier alpha value is -3.17. The van der Waals surface area contributed by atoms with Crippen molar-refractivity contribution in [2.24, 2.45) is 0 Å². The van der Waals surface area contributed by atoms with Crippen molar-refractivity contribution in [3.05, 3.63) is 76.7 Å². The molecule has 7 nitrogen and oxygen atoms in total. The van der Waals surface area contributed by atoms with Crippen LogP contribution in [0.5, 0.6) is 0 Å². The van der Waals surface area contributed by atoms with Gasteiger partial charge in [-0.3, -0.25) is 9.10 Å². The summed E-state index contributed by atoms with van der Waals surface area (Å²) in [6.07, 6.45) is 1.32. The number of hydrogen-bond donors (Lipinski definition) is 1. The average Bonchev–Trinajstić information content (AvgIpc) is 3.27. The summed E-state index contributed by atoms with van der Waals surface area (Å²) < 4.78 is 33.4. The minimum Gasteiger partial charge on any atom is -0.459 e. The van der Waals surface area contributed by atoms with Crippen LogP contribution in [0.1, 0.15) is 45.9 Å². The standard InChI is InChI=1S/C24H24N2O5S2/c1-16(2)31-24(28)21-12-13-22(32-21)25-23(27)18-8-5-10-19(15-18)33(29,30)26-14-6-9-17-7-3-4-11-20(17)26/h3-5,7-8,10-13,15-16H,6,9,14H2,1-2H3,(H,25,27). The van der Waals surface area contributed by atoms with Crippen LogP contribution in [0.2, 0.25) is 0 Å². The fourth-order valence-corrected chi connectivity index (χ4v) is 6.02. The maximum absolute atomic E-state index is 13.4. The zero-order valence-electron chi connectivity index (χ0n) is 18.3. The van der Waals surface area contributed by atoms with Gasteiger partial charge in [-0.1, -0.05) is 24.3 Å². The van der Waals surface area contributed by atoms with Crippen LogP contribution in [0.25, 0.3) is 0 Å². The molecule has 4 rings (SSSR count). The van der Waals surface area contributed by atoms with Crippen LogP contribution >= 0.6 is 11.3 Å². The largest absolute Gasteiger partial charge is 0.459 e. The molecule has 33 heavy (non-hydrogen) atoms. The quantitative estimate of drug-likeness (QED) is 0.512. The number of benzene rings is 2. The fourth-order valence-electron chi connectivity index (χ4n) is 3.64. The number of aryl methyl sites for hydroxylation is 1. The highest BCUT2D eigenvalue weighted by Gasteiger charge is 2.29. The van der Waals surface area contributed by atoms with Gasteiger partial charge in [0.25, 0.3) is 15.9 Å². The number of nitrogens with one attached hydrogen (secondary N) is 1. The molecular formula is C24H24N2O5S2. The number of anilines is 2. The molecule has 0 radical (unpaired) electrons. The lowest BCUT2D eigenvalue weighted by Crippen LogP contribution is -2.35. The fraction of sp³-hybridized carbons (Fsp3) is 0.250. The van der Waals surface area contributed by atoms with Crippen LogP contribution in [0.15, 0.2) is 65.6 Å². The monoisotopic (exact) mass is 484 g/mol. The van der Waals surface area contributed by atoms with E-state index in [1.165, 1.54) is 16.4 Å². The van der Waals surface area contributed by atoms with E-state index in [-0.39, 0.29) is 16.6 Å². The van der Waals surface area contributed by atoms with Gasteiger partial charge in [-0.2, -0.15) is 0 Å². The molecule has 0 saturated heterocycles. The second kappa shape index (κ2) is 9.36. The molecule has 1 aromatic heterocycles. The molecule has 172 valence electrons. The Morgan fingerprint density at radius 2 is 1.85 bits per heavy atom. The topological polar surface area (TPSA) is 92.8 Å². The number of carbonyl (C=O) groups is 2. The normalized spacial score (nSPS) is 13.5. The number of rotatable bonds is 6. The summed E-state index contributed by atoms with van der Waals surface area (Å²) in [6, 6.07) is 16.6. The highest BCUT2D eigenvalue weighted by atomic mass is 32.2. The van der Waals surface area contributed by atoms with Gasteiger partial charge in [0.1, 0.15) is 4.88 Å². The smallest absolute Gasteiger partial charge is 0.348 e. The van der Waals surface area contributed by atoms with Crippen LogP contribution in [0.3, 0.4) is 0 Å². The van der Waals surface area contributed by atoms with Crippen LogP contribution in [-0.2, 0) is 21.2 Å². The van der Waals surface area contributed by atoms with Crippen molar-refractivity contribution in [2.45, 2.75) is 37.7 Å². The van der Waals surface area contributed by atoms with Crippen molar-refractivity contribution in [3.8, 4) is 0 Å². The Balaban J connectivity index is 1.54. The minimum absolute atomic E-state index is 0.0548. The summed E-state index contributed by atoms with van der Waals surface area (Å²) in [6.45, 7) is 3.91. The Bertz CT molecular complexity index is 1300.